The summed E-state index contributed by atoms with van der Waals surface area (Å²) in [6.45, 7) is 0.596. The number of esters is 3. The molecule has 2 aliphatic heterocycles. The Kier molecular flexibility index (Phi) is 8.32. The smallest absolute Gasteiger partial charge is 0.460 e. The third kappa shape index (κ3) is 4.79. The molecule has 3 fully saturated rings. The number of epoxide rings is 1. The van der Waals surface area contributed by atoms with Crippen LogP contribution in [0.2, 0.25) is 0 Å². The van der Waals surface area contributed by atoms with Gasteiger partial charge in [-0.3, -0.25) is 9.59 Å². The Labute approximate surface area is 257 Å². The maximum absolute atomic E-state index is 14.4. The van der Waals surface area contributed by atoms with Gasteiger partial charge in [-0.2, -0.15) is 61.5 Å². The normalized spacial score (nSPS) is 33.9. The molecule has 23 heteroatoms. The minimum Gasteiger partial charge on any atom is -0.465 e. The van der Waals surface area contributed by atoms with Crippen molar-refractivity contribution in [1.29, 1.82) is 0 Å². The molecule has 48 heavy (non-hydrogen) atoms. The summed E-state index contributed by atoms with van der Waals surface area (Å²) in [6.07, 6.45) is -23.4. The number of ketones is 1. The van der Waals surface area contributed by atoms with Crippen LogP contribution in [0.25, 0.3) is 0 Å². The number of hydrogen-bond donors (Lipinski definition) is 0. The van der Waals surface area contributed by atoms with E-state index in [0.29, 0.717) is 0 Å². The van der Waals surface area contributed by atoms with E-state index in [-0.39, 0.29) is 0 Å². The van der Waals surface area contributed by atoms with Crippen LogP contribution in [-0.2, 0) is 42.9 Å². The molecule has 0 aromatic rings. The van der Waals surface area contributed by atoms with Gasteiger partial charge in [-0.1, -0.05) is 6.92 Å². The first-order valence-electron chi connectivity index (χ1n) is 13.1. The summed E-state index contributed by atoms with van der Waals surface area (Å²) in [5.41, 5.74) is -7.72. The van der Waals surface area contributed by atoms with Gasteiger partial charge in [0.15, 0.2) is 11.9 Å². The zero-order chi connectivity index (χ0) is 37.1. The van der Waals surface area contributed by atoms with Gasteiger partial charge >= 0.3 is 54.0 Å². The minimum atomic E-state index is -7.09. The maximum Gasteiger partial charge on any atom is 0.460 e. The number of alkyl halides is 14. The highest BCUT2D eigenvalue weighted by Crippen LogP contribution is 2.72. The Morgan fingerprint density at radius 2 is 1.31 bits per heavy atom. The summed E-state index contributed by atoms with van der Waals surface area (Å²) in [7, 11) is 0. The zero-order valence-electron chi connectivity index (χ0n) is 24.0. The lowest BCUT2D eigenvalue weighted by Gasteiger charge is -2.58. The summed E-state index contributed by atoms with van der Waals surface area (Å²) in [6, 6.07) is 0. The highest BCUT2D eigenvalue weighted by Gasteiger charge is 2.86. The molecule has 0 amide bonds. The van der Waals surface area contributed by atoms with Gasteiger partial charge in [0, 0.05) is 12.3 Å². The topological polar surface area (TPSA) is 118 Å². The molecule has 0 N–H and O–H groups in total. The number of hydrogen-bond acceptors (Lipinski definition) is 9. The van der Waals surface area contributed by atoms with Crippen LogP contribution in [0.5, 0.6) is 0 Å². The first kappa shape index (κ1) is 37.6. The summed E-state index contributed by atoms with van der Waals surface area (Å²) >= 11 is 0. The molecule has 4 aliphatic rings. The largest absolute Gasteiger partial charge is 0.465 e. The SMILES string of the molecule is CC(=O)OCC12C(C=C(C)C(=O)C1OC(=O)C(F)(F)C(F)(F)C(F)(F)F)OC1C(OC(=O)C(F)(F)C(F)(F)C(F)(F)F)CC2(C)C12CO2. The Hall–Kier alpha value is -3.24. The number of carbonyl (C=O) groups is 4. The standard InChI is InChI=1S/C25H20F14O9/c1-8-4-11-18(6-44-9(2)40,14(12(8)41)48-16(43)21(28,29)23(32,33)25(37,38)39)17(3)5-10(13(47-11)19(17)7-45-19)46-15(42)20(26,27)22(30,31)24(34,35)36/h4,10-11,13-14H,5-7H2,1-3H3. The van der Waals surface area contributed by atoms with Gasteiger partial charge in [0.25, 0.3) is 0 Å². The van der Waals surface area contributed by atoms with E-state index in [1.54, 1.807) is 0 Å². The quantitative estimate of drug-likeness (QED) is 0.154. The Bertz CT molecular complexity index is 1430. The minimum absolute atomic E-state index is 0.609. The molecule has 0 aromatic heterocycles. The summed E-state index contributed by atoms with van der Waals surface area (Å²) in [4.78, 5) is 49.8. The summed E-state index contributed by atoms with van der Waals surface area (Å²) in [5.74, 6) is -37.2. The Balaban J connectivity index is 1.83. The van der Waals surface area contributed by atoms with E-state index in [0.717, 1.165) is 26.8 Å². The molecule has 1 spiro atoms. The molecule has 2 saturated heterocycles. The molecule has 7 unspecified atom stereocenters. The summed E-state index contributed by atoms with van der Waals surface area (Å²) in [5, 5.41) is 0. The van der Waals surface area contributed by atoms with Crippen LogP contribution in [-0.4, -0.2) is 103 Å². The predicted molar refractivity (Wildman–Crippen MR) is 120 cm³/mol. The fourth-order valence-electron chi connectivity index (χ4n) is 6.41. The molecular formula is C25H20F14O9. The molecule has 7 atom stereocenters. The monoisotopic (exact) mass is 730 g/mol. The zero-order valence-corrected chi connectivity index (χ0v) is 24.0. The number of ether oxygens (including phenoxy) is 5. The van der Waals surface area contributed by atoms with Crippen molar-refractivity contribution in [2.24, 2.45) is 10.8 Å². The highest BCUT2D eigenvalue weighted by molar-refractivity contribution is 6.02. The highest BCUT2D eigenvalue weighted by atomic mass is 19.4. The van der Waals surface area contributed by atoms with E-state index < -0.39 is 126 Å². The lowest BCUT2D eigenvalue weighted by atomic mass is 9.50. The van der Waals surface area contributed by atoms with E-state index >= 15 is 0 Å². The molecule has 2 bridgehead atoms. The number of rotatable bonds is 8. The van der Waals surface area contributed by atoms with E-state index in [4.69, 9.17) is 14.2 Å². The molecule has 2 aliphatic carbocycles. The lowest BCUT2D eigenvalue weighted by molar-refractivity contribution is -0.350. The van der Waals surface area contributed by atoms with Crippen molar-refractivity contribution in [3.63, 3.8) is 0 Å². The number of halogens is 14. The van der Waals surface area contributed by atoms with Crippen molar-refractivity contribution >= 4 is 23.7 Å². The van der Waals surface area contributed by atoms with E-state index in [1.807, 2.05) is 0 Å². The number of Topliss-reactive ketones (excluding diaryl/α,β-unsaturated/α-hetero) is 1. The van der Waals surface area contributed by atoms with E-state index in [1.165, 1.54) is 0 Å². The van der Waals surface area contributed by atoms with Gasteiger partial charge < -0.3 is 23.7 Å². The van der Waals surface area contributed by atoms with Gasteiger partial charge in [-0.15, -0.1) is 0 Å². The second-order valence-corrected chi connectivity index (χ2v) is 11.7. The third-order valence-electron chi connectivity index (χ3n) is 9.13. The lowest BCUT2D eigenvalue weighted by Crippen LogP contribution is -2.72. The predicted octanol–water partition coefficient (Wildman–Crippen LogP) is 4.50. The average molecular weight is 730 g/mol. The fraction of sp³-hybridized carbons (Fsp3) is 0.760. The maximum atomic E-state index is 14.4. The molecule has 2 heterocycles. The van der Waals surface area contributed by atoms with E-state index in [2.05, 4.69) is 9.47 Å². The van der Waals surface area contributed by atoms with Gasteiger partial charge in [-0.05, 0) is 25.0 Å². The van der Waals surface area contributed by atoms with Crippen molar-refractivity contribution in [2.45, 2.75) is 93.3 Å². The summed E-state index contributed by atoms with van der Waals surface area (Å²) < 4.78 is 213. The average Bonchev–Trinajstić information content (AvgIpc) is 3.70. The van der Waals surface area contributed by atoms with Crippen molar-refractivity contribution in [2.75, 3.05) is 13.2 Å². The van der Waals surface area contributed by atoms with Crippen LogP contribution in [0, 0.1) is 10.8 Å². The van der Waals surface area contributed by atoms with Crippen LogP contribution in [0.15, 0.2) is 11.6 Å². The molecular weight excluding hydrogens is 710 g/mol. The molecule has 0 radical (unpaired) electrons. The van der Waals surface area contributed by atoms with Gasteiger partial charge in [0.05, 0.1) is 18.1 Å². The first-order valence-corrected chi connectivity index (χ1v) is 13.1. The number of carbonyl (C=O) groups excluding carboxylic acids is 4. The molecule has 1 saturated carbocycles. The molecule has 9 nitrogen and oxygen atoms in total. The third-order valence-corrected chi connectivity index (χ3v) is 9.13. The van der Waals surface area contributed by atoms with Crippen molar-refractivity contribution in [3.8, 4) is 0 Å². The van der Waals surface area contributed by atoms with Crippen LogP contribution < -0.4 is 0 Å². The van der Waals surface area contributed by atoms with Crippen LogP contribution in [0.1, 0.15) is 27.2 Å². The molecule has 4 rings (SSSR count). The Morgan fingerprint density at radius 1 is 0.854 bits per heavy atom. The van der Waals surface area contributed by atoms with Crippen LogP contribution >= 0.6 is 0 Å². The Morgan fingerprint density at radius 3 is 1.73 bits per heavy atom. The number of fused-ring (bicyclic) bond motifs is 2. The van der Waals surface area contributed by atoms with E-state index in [9.17, 15) is 80.6 Å². The van der Waals surface area contributed by atoms with Crippen molar-refractivity contribution < 1.29 is 104 Å². The van der Waals surface area contributed by atoms with Gasteiger partial charge in [0.2, 0.25) is 0 Å². The first-order chi connectivity index (χ1) is 21.4. The second-order valence-electron chi connectivity index (χ2n) is 11.7. The molecule has 272 valence electrons. The van der Waals surface area contributed by atoms with Crippen LogP contribution in [0.3, 0.4) is 0 Å². The van der Waals surface area contributed by atoms with Crippen molar-refractivity contribution in [3.05, 3.63) is 11.6 Å². The van der Waals surface area contributed by atoms with Gasteiger partial charge in [-0.25, -0.2) is 9.59 Å². The molecule has 0 aromatic carbocycles. The second kappa shape index (κ2) is 10.6. The fourth-order valence-corrected chi connectivity index (χ4v) is 6.41. The van der Waals surface area contributed by atoms with Crippen LogP contribution in [0.4, 0.5) is 61.5 Å². The van der Waals surface area contributed by atoms with Crippen molar-refractivity contribution in [1.82, 2.24) is 0 Å². The van der Waals surface area contributed by atoms with Gasteiger partial charge in [0.1, 0.15) is 24.4 Å².